The molecule has 2 atom stereocenters. The molecule has 0 spiro atoms. The van der Waals surface area contributed by atoms with Crippen LogP contribution in [0.25, 0.3) is 12.2 Å². The maximum absolute atomic E-state index is 12.4. The lowest BCUT2D eigenvalue weighted by atomic mass is 9.90. The standard InChI is InChI=1S/C35H48N4O2/c1-11-18(5)32-22(9)26(15-28-24(13-3)20(7)34(40)38-28)36-30(32)17-31-33(19(6)12-2)23(10)27(37-31)16-29-25(14-4)21(8)35(41)39-29/h15-16,18-19,36-37H,11-14,17H2,1-10H3,(H,38,40)(H,39,41)/b28-15-,29-16-/t18-,19-/m0/s1. The Morgan fingerprint density at radius 3 is 1.32 bits per heavy atom. The minimum absolute atomic E-state index is 0.00360. The Balaban J connectivity index is 1.82. The van der Waals surface area contributed by atoms with E-state index in [2.05, 4.69) is 88.1 Å². The highest BCUT2D eigenvalue weighted by Crippen LogP contribution is 2.37. The van der Waals surface area contributed by atoms with Crippen molar-refractivity contribution >= 4 is 24.0 Å². The molecule has 2 aliphatic heterocycles. The normalized spacial score (nSPS) is 19.2. The van der Waals surface area contributed by atoms with Gasteiger partial charge in [-0.25, -0.2) is 0 Å². The molecule has 2 aliphatic rings. The van der Waals surface area contributed by atoms with Gasteiger partial charge in [0.15, 0.2) is 0 Å². The zero-order valence-corrected chi connectivity index (χ0v) is 26.7. The Morgan fingerprint density at radius 2 is 1.00 bits per heavy atom. The minimum atomic E-state index is -0.00360. The summed E-state index contributed by atoms with van der Waals surface area (Å²) in [5.74, 6) is 0.786. The molecule has 4 heterocycles. The molecule has 2 aromatic rings. The van der Waals surface area contributed by atoms with Gasteiger partial charge >= 0.3 is 0 Å². The van der Waals surface area contributed by atoms with E-state index >= 15 is 0 Å². The summed E-state index contributed by atoms with van der Waals surface area (Å²) in [5, 5.41) is 6.15. The van der Waals surface area contributed by atoms with Gasteiger partial charge in [-0.15, -0.1) is 0 Å². The second-order valence-corrected chi connectivity index (χ2v) is 11.8. The lowest BCUT2D eigenvalue weighted by Gasteiger charge is -2.15. The average molecular weight is 557 g/mol. The third-order valence-electron chi connectivity index (χ3n) is 9.42. The number of nitrogens with one attached hydrogen (secondary N) is 4. The number of aromatic amines is 2. The average Bonchev–Trinajstić information content (AvgIpc) is 3.60. The van der Waals surface area contributed by atoms with Crippen molar-refractivity contribution in [3.05, 3.63) is 78.7 Å². The van der Waals surface area contributed by atoms with Gasteiger partial charge in [0.1, 0.15) is 0 Å². The third-order valence-corrected chi connectivity index (χ3v) is 9.42. The molecule has 0 unspecified atom stereocenters. The molecule has 41 heavy (non-hydrogen) atoms. The molecular formula is C35H48N4O2. The first-order chi connectivity index (χ1) is 19.5. The first-order valence-electron chi connectivity index (χ1n) is 15.4. The zero-order chi connectivity index (χ0) is 30.2. The maximum atomic E-state index is 12.4. The van der Waals surface area contributed by atoms with Crippen molar-refractivity contribution in [1.82, 2.24) is 20.6 Å². The molecular weight excluding hydrogens is 508 g/mol. The first-order valence-corrected chi connectivity index (χ1v) is 15.4. The van der Waals surface area contributed by atoms with Gasteiger partial charge in [0.2, 0.25) is 0 Å². The molecule has 2 amide bonds. The van der Waals surface area contributed by atoms with Crippen molar-refractivity contribution < 1.29 is 9.59 Å². The van der Waals surface area contributed by atoms with E-state index in [0.717, 1.165) is 77.2 Å². The van der Waals surface area contributed by atoms with Crippen molar-refractivity contribution in [3.8, 4) is 0 Å². The number of carbonyl (C=O) groups is 2. The van der Waals surface area contributed by atoms with E-state index in [-0.39, 0.29) is 11.8 Å². The van der Waals surface area contributed by atoms with E-state index in [1.807, 2.05) is 13.8 Å². The van der Waals surface area contributed by atoms with Gasteiger partial charge in [-0.2, -0.15) is 0 Å². The van der Waals surface area contributed by atoms with Crippen LogP contribution in [0.4, 0.5) is 0 Å². The van der Waals surface area contributed by atoms with Crippen LogP contribution in [0, 0.1) is 13.8 Å². The lowest BCUT2D eigenvalue weighted by molar-refractivity contribution is -0.117. The lowest BCUT2D eigenvalue weighted by Crippen LogP contribution is -2.15. The molecule has 6 nitrogen and oxygen atoms in total. The number of carbonyl (C=O) groups excluding carboxylic acids is 2. The van der Waals surface area contributed by atoms with Gasteiger partial charge in [0.05, 0.1) is 0 Å². The van der Waals surface area contributed by atoms with Gasteiger partial charge < -0.3 is 20.6 Å². The van der Waals surface area contributed by atoms with Crippen LogP contribution in [-0.4, -0.2) is 21.8 Å². The minimum Gasteiger partial charge on any atom is -0.358 e. The van der Waals surface area contributed by atoms with E-state index < -0.39 is 0 Å². The summed E-state index contributed by atoms with van der Waals surface area (Å²) in [6.07, 6.45) is 8.71. The molecule has 220 valence electrons. The summed E-state index contributed by atoms with van der Waals surface area (Å²) in [5.41, 5.74) is 15.4. The van der Waals surface area contributed by atoms with E-state index in [1.54, 1.807) is 0 Å². The Bertz CT molecular complexity index is 1390. The Hall–Kier alpha value is -3.54. The highest BCUT2D eigenvalue weighted by molar-refractivity contribution is 6.01. The van der Waals surface area contributed by atoms with Crippen LogP contribution in [-0.2, 0) is 16.0 Å². The van der Waals surface area contributed by atoms with Crippen molar-refractivity contribution in [3.63, 3.8) is 0 Å². The van der Waals surface area contributed by atoms with Crippen molar-refractivity contribution in [1.29, 1.82) is 0 Å². The quantitative estimate of drug-likeness (QED) is 0.239. The largest absolute Gasteiger partial charge is 0.358 e. The van der Waals surface area contributed by atoms with Crippen LogP contribution in [0.2, 0.25) is 0 Å². The van der Waals surface area contributed by atoms with E-state index in [1.165, 1.54) is 33.6 Å². The van der Waals surface area contributed by atoms with E-state index in [0.29, 0.717) is 11.8 Å². The van der Waals surface area contributed by atoms with Crippen LogP contribution < -0.4 is 10.6 Å². The van der Waals surface area contributed by atoms with E-state index in [9.17, 15) is 9.59 Å². The maximum Gasteiger partial charge on any atom is 0.251 e. The molecule has 0 saturated carbocycles. The predicted octanol–water partition coefficient (Wildman–Crippen LogP) is 7.97. The number of hydrogen-bond donors (Lipinski definition) is 4. The SMILES string of the molecule is CCC1=C(C)C(=O)N/C1=C\c1[nH]c(Cc2[nH]c(/C=C3\NC(=O)C(C)=C3CC)c(C)c2[C@@H](C)CC)c([C@@H](C)CC)c1C. The second kappa shape index (κ2) is 12.1. The van der Waals surface area contributed by atoms with Crippen LogP contribution in [0.3, 0.4) is 0 Å². The summed E-state index contributed by atoms with van der Waals surface area (Å²) in [6, 6.07) is 0. The summed E-state index contributed by atoms with van der Waals surface area (Å²) < 4.78 is 0. The fourth-order valence-corrected chi connectivity index (χ4v) is 6.58. The Labute approximate surface area is 245 Å². The number of rotatable bonds is 10. The third kappa shape index (κ3) is 5.53. The van der Waals surface area contributed by atoms with Gasteiger partial charge in [-0.3, -0.25) is 9.59 Å². The topological polar surface area (TPSA) is 89.8 Å². The van der Waals surface area contributed by atoms with Crippen molar-refractivity contribution in [2.24, 2.45) is 0 Å². The molecule has 2 aromatic heterocycles. The number of allylic oxidation sites excluding steroid dienone is 2. The van der Waals surface area contributed by atoms with Gasteiger partial charge in [-0.05, 0) is 111 Å². The zero-order valence-electron chi connectivity index (χ0n) is 26.7. The fraction of sp³-hybridized carbons (Fsp3) is 0.486. The van der Waals surface area contributed by atoms with Gasteiger partial charge in [0, 0.05) is 51.7 Å². The summed E-state index contributed by atoms with van der Waals surface area (Å²) >= 11 is 0. The Kier molecular flexibility index (Phi) is 9.00. The molecule has 0 aliphatic carbocycles. The Morgan fingerprint density at radius 1 is 0.634 bits per heavy atom. The highest BCUT2D eigenvalue weighted by atomic mass is 16.2. The van der Waals surface area contributed by atoms with Gasteiger partial charge in [-0.1, -0.05) is 41.5 Å². The number of amides is 2. The fourth-order valence-electron chi connectivity index (χ4n) is 6.58. The van der Waals surface area contributed by atoms with Crippen molar-refractivity contribution in [2.75, 3.05) is 0 Å². The number of H-pyrrole nitrogens is 2. The first kappa shape index (κ1) is 30.4. The molecule has 0 saturated heterocycles. The summed E-state index contributed by atoms with van der Waals surface area (Å²) in [6.45, 7) is 21.5. The molecule has 4 rings (SSSR count). The molecule has 0 aromatic carbocycles. The van der Waals surface area contributed by atoms with Crippen LogP contribution in [0.1, 0.15) is 138 Å². The van der Waals surface area contributed by atoms with Crippen molar-refractivity contribution in [2.45, 2.75) is 113 Å². The molecule has 0 radical (unpaired) electrons. The highest BCUT2D eigenvalue weighted by Gasteiger charge is 2.27. The number of aromatic nitrogens is 2. The van der Waals surface area contributed by atoms with Crippen LogP contribution >= 0.6 is 0 Å². The molecule has 4 N–H and O–H groups in total. The molecule has 0 fully saturated rings. The molecule has 0 bridgehead atoms. The smallest absolute Gasteiger partial charge is 0.251 e. The predicted molar refractivity (Wildman–Crippen MR) is 169 cm³/mol. The molecule has 6 heteroatoms. The van der Waals surface area contributed by atoms with Crippen LogP contribution in [0.5, 0.6) is 0 Å². The summed E-state index contributed by atoms with van der Waals surface area (Å²) in [4.78, 5) is 32.4. The van der Waals surface area contributed by atoms with Gasteiger partial charge in [0.25, 0.3) is 11.8 Å². The second-order valence-electron chi connectivity index (χ2n) is 11.8. The van der Waals surface area contributed by atoms with E-state index in [4.69, 9.17) is 0 Å². The van der Waals surface area contributed by atoms with Crippen LogP contribution in [0.15, 0.2) is 33.7 Å². The number of hydrogen-bond acceptors (Lipinski definition) is 2. The monoisotopic (exact) mass is 556 g/mol. The summed E-state index contributed by atoms with van der Waals surface area (Å²) in [7, 11) is 0.